The van der Waals surface area contributed by atoms with Crippen molar-refractivity contribution < 1.29 is 0 Å². The minimum Gasteiger partial charge on any atom is -0.373 e. The highest BCUT2D eigenvalue weighted by Crippen LogP contribution is 2.28. The highest BCUT2D eigenvalue weighted by molar-refractivity contribution is 5.34. The van der Waals surface area contributed by atoms with E-state index in [4.69, 9.17) is 0 Å². The van der Waals surface area contributed by atoms with Crippen LogP contribution in [0.4, 0.5) is 5.82 Å². The molecular weight excluding hydrogens is 236 g/mol. The van der Waals surface area contributed by atoms with E-state index in [2.05, 4.69) is 39.3 Å². The van der Waals surface area contributed by atoms with Gasteiger partial charge in [0.2, 0.25) is 0 Å². The monoisotopic (exact) mass is 260 g/mol. The number of hydrogen-bond acceptors (Lipinski definition) is 4. The van der Waals surface area contributed by atoms with Gasteiger partial charge in [-0.25, -0.2) is 4.98 Å². The van der Waals surface area contributed by atoms with Crippen molar-refractivity contribution in [1.29, 1.82) is 0 Å². The topological polar surface area (TPSA) is 31.4 Å². The zero-order valence-corrected chi connectivity index (χ0v) is 12.0. The second-order valence-electron chi connectivity index (χ2n) is 5.84. The molecular formula is C15H24N4. The lowest BCUT2D eigenvalue weighted by atomic mass is 10.1. The van der Waals surface area contributed by atoms with Crippen molar-refractivity contribution in [2.75, 3.05) is 32.5 Å². The molecule has 4 heteroatoms. The molecule has 104 valence electrons. The maximum absolute atomic E-state index is 4.63. The smallest absolute Gasteiger partial charge is 0.126 e. The van der Waals surface area contributed by atoms with Crippen molar-refractivity contribution in [2.45, 2.75) is 37.9 Å². The van der Waals surface area contributed by atoms with Crippen LogP contribution in [0.5, 0.6) is 0 Å². The summed E-state index contributed by atoms with van der Waals surface area (Å²) in [5, 5.41) is 3.11. The van der Waals surface area contributed by atoms with Crippen molar-refractivity contribution >= 4 is 5.82 Å². The Morgan fingerprint density at radius 2 is 2.11 bits per heavy atom. The molecule has 1 aromatic rings. The van der Waals surface area contributed by atoms with Crippen LogP contribution in [0.15, 0.2) is 18.2 Å². The molecule has 2 atom stereocenters. The maximum atomic E-state index is 4.63. The molecule has 1 N–H and O–H groups in total. The van der Waals surface area contributed by atoms with Crippen LogP contribution in [-0.4, -0.2) is 54.1 Å². The Hall–Kier alpha value is -1.13. The number of anilines is 1. The van der Waals surface area contributed by atoms with Crippen molar-refractivity contribution in [3.8, 4) is 0 Å². The van der Waals surface area contributed by atoms with E-state index in [9.17, 15) is 0 Å². The van der Waals surface area contributed by atoms with Gasteiger partial charge in [0.25, 0.3) is 0 Å². The fourth-order valence-corrected chi connectivity index (χ4v) is 3.46. The Balaban J connectivity index is 1.66. The standard InChI is InChI=1S/C15H24N4/c1-16-15-5-3-4-12(17-15)10-19-9-8-13-6-7-14(11-19)18(13)2/h3-5,13-14H,6-11H2,1-2H3,(H,16,17). The van der Waals surface area contributed by atoms with Gasteiger partial charge in [0.1, 0.15) is 5.82 Å². The Labute approximate surface area is 115 Å². The number of aromatic nitrogens is 1. The molecule has 2 fully saturated rings. The van der Waals surface area contributed by atoms with Crippen molar-refractivity contribution in [2.24, 2.45) is 0 Å². The largest absolute Gasteiger partial charge is 0.373 e. The van der Waals surface area contributed by atoms with Gasteiger partial charge in [-0.15, -0.1) is 0 Å². The molecule has 2 bridgehead atoms. The third-order valence-corrected chi connectivity index (χ3v) is 4.68. The number of nitrogens with zero attached hydrogens (tertiary/aromatic N) is 3. The summed E-state index contributed by atoms with van der Waals surface area (Å²) in [6.45, 7) is 3.38. The zero-order chi connectivity index (χ0) is 13.2. The van der Waals surface area contributed by atoms with E-state index in [1.165, 1.54) is 38.0 Å². The predicted molar refractivity (Wildman–Crippen MR) is 78.3 cm³/mol. The van der Waals surface area contributed by atoms with Crippen LogP contribution in [0.2, 0.25) is 0 Å². The third kappa shape index (κ3) is 2.74. The Morgan fingerprint density at radius 3 is 2.95 bits per heavy atom. The second-order valence-corrected chi connectivity index (χ2v) is 5.84. The SMILES string of the molecule is CNc1cccc(CN2CCC3CCC(C2)N3C)n1. The Kier molecular flexibility index (Phi) is 3.71. The normalized spacial score (nSPS) is 28.3. The average molecular weight is 260 g/mol. The molecule has 3 rings (SSSR count). The first-order valence-electron chi connectivity index (χ1n) is 7.34. The van der Waals surface area contributed by atoms with Gasteiger partial charge in [-0.3, -0.25) is 9.80 Å². The van der Waals surface area contributed by atoms with Gasteiger partial charge in [-0.2, -0.15) is 0 Å². The molecule has 0 saturated carbocycles. The van der Waals surface area contributed by atoms with Crippen molar-refractivity contribution in [1.82, 2.24) is 14.8 Å². The van der Waals surface area contributed by atoms with E-state index < -0.39 is 0 Å². The fraction of sp³-hybridized carbons (Fsp3) is 0.667. The van der Waals surface area contributed by atoms with Gasteiger partial charge < -0.3 is 5.32 Å². The summed E-state index contributed by atoms with van der Waals surface area (Å²) in [5.41, 5.74) is 1.17. The van der Waals surface area contributed by atoms with Crippen LogP contribution in [0.1, 0.15) is 25.0 Å². The quantitative estimate of drug-likeness (QED) is 0.898. The summed E-state index contributed by atoms with van der Waals surface area (Å²) < 4.78 is 0. The summed E-state index contributed by atoms with van der Waals surface area (Å²) >= 11 is 0. The van der Waals surface area contributed by atoms with Crippen LogP contribution in [0.25, 0.3) is 0 Å². The molecule has 2 unspecified atom stereocenters. The molecule has 2 aliphatic heterocycles. The number of likely N-dealkylation sites (N-methyl/N-ethyl adjacent to an activating group) is 1. The number of fused-ring (bicyclic) bond motifs is 2. The van der Waals surface area contributed by atoms with Gasteiger partial charge in [0.15, 0.2) is 0 Å². The minimum absolute atomic E-state index is 0.750. The first kappa shape index (κ1) is 12.9. The number of nitrogens with one attached hydrogen (secondary N) is 1. The minimum atomic E-state index is 0.750. The molecule has 0 aliphatic carbocycles. The van der Waals surface area contributed by atoms with E-state index in [0.717, 1.165) is 24.4 Å². The highest BCUT2D eigenvalue weighted by Gasteiger charge is 2.34. The van der Waals surface area contributed by atoms with Crippen LogP contribution in [-0.2, 0) is 6.54 Å². The molecule has 0 radical (unpaired) electrons. The lowest BCUT2D eigenvalue weighted by molar-refractivity contribution is 0.213. The lowest BCUT2D eigenvalue weighted by Gasteiger charge is -2.25. The van der Waals surface area contributed by atoms with E-state index in [1.807, 2.05) is 13.1 Å². The molecule has 2 saturated heterocycles. The summed E-state index contributed by atoms with van der Waals surface area (Å²) in [4.78, 5) is 9.80. The van der Waals surface area contributed by atoms with Crippen molar-refractivity contribution in [3.05, 3.63) is 23.9 Å². The third-order valence-electron chi connectivity index (χ3n) is 4.68. The van der Waals surface area contributed by atoms with E-state index in [-0.39, 0.29) is 0 Å². The van der Waals surface area contributed by atoms with Gasteiger partial charge in [-0.1, -0.05) is 6.07 Å². The van der Waals surface area contributed by atoms with Gasteiger partial charge in [0.05, 0.1) is 5.69 Å². The molecule has 19 heavy (non-hydrogen) atoms. The fourth-order valence-electron chi connectivity index (χ4n) is 3.46. The van der Waals surface area contributed by atoms with Crippen LogP contribution in [0, 0.1) is 0 Å². The van der Waals surface area contributed by atoms with Crippen LogP contribution in [0.3, 0.4) is 0 Å². The number of hydrogen-bond donors (Lipinski definition) is 1. The first-order chi connectivity index (χ1) is 9.26. The molecule has 3 heterocycles. The van der Waals surface area contributed by atoms with E-state index >= 15 is 0 Å². The van der Waals surface area contributed by atoms with Crippen molar-refractivity contribution in [3.63, 3.8) is 0 Å². The van der Waals surface area contributed by atoms with Gasteiger partial charge >= 0.3 is 0 Å². The van der Waals surface area contributed by atoms with E-state index in [0.29, 0.717) is 0 Å². The molecule has 4 nitrogen and oxygen atoms in total. The zero-order valence-electron chi connectivity index (χ0n) is 12.0. The van der Waals surface area contributed by atoms with Gasteiger partial charge in [-0.05, 0) is 38.4 Å². The van der Waals surface area contributed by atoms with Crippen LogP contribution < -0.4 is 5.32 Å². The summed E-state index contributed by atoms with van der Waals surface area (Å²) in [6.07, 6.45) is 4.06. The summed E-state index contributed by atoms with van der Waals surface area (Å²) in [6, 6.07) is 7.80. The number of pyridine rings is 1. The summed E-state index contributed by atoms with van der Waals surface area (Å²) in [5.74, 6) is 0.964. The molecule has 0 aromatic carbocycles. The lowest BCUT2D eigenvalue weighted by Crippen LogP contribution is -2.36. The van der Waals surface area contributed by atoms with Crippen LogP contribution >= 0.6 is 0 Å². The molecule has 2 aliphatic rings. The van der Waals surface area contributed by atoms with E-state index in [1.54, 1.807) is 0 Å². The predicted octanol–water partition coefficient (Wildman–Crippen LogP) is 1.79. The summed E-state index contributed by atoms with van der Waals surface area (Å²) in [7, 11) is 4.22. The molecule has 0 spiro atoms. The van der Waals surface area contributed by atoms with Gasteiger partial charge in [0, 0.05) is 38.8 Å². The Morgan fingerprint density at radius 1 is 1.26 bits per heavy atom. The maximum Gasteiger partial charge on any atom is 0.126 e. The number of likely N-dealkylation sites (tertiary alicyclic amines) is 1. The Bertz CT molecular complexity index is 434. The highest BCUT2D eigenvalue weighted by atomic mass is 15.3. The average Bonchev–Trinajstić information content (AvgIpc) is 2.67. The number of rotatable bonds is 3. The second kappa shape index (κ2) is 5.47. The first-order valence-corrected chi connectivity index (χ1v) is 7.34. The molecule has 0 amide bonds. The molecule has 1 aromatic heterocycles.